The molecule has 4 saturated heterocycles. The molecule has 4 heterocycles. The Kier molecular flexibility index (Phi) is 4.97. The van der Waals surface area contributed by atoms with Crippen molar-refractivity contribution >= 4 is 5.97 Å². The van der Waals surface area contributed by atoms with Crippen LogP contribution in [-0.2, 0) is 14.3 Å². The first-order valence-electron chi connectivity index (χ1n) is 12.9. The predicted molar refractivity (Wildman–Crippen MR) is 115 cm³/mol. The highest BCUT2D eigenvalue weighted by atomic mass is 16.6. The van der Waals surface area contributed by atoms with Crippen LogP contribution in [0.5, 0.6) is 0 Å². The normalized spacial score (nSPS) is 47.7. The van der Waals surface area contributed by atoms with E-state index in [0.717, 1.165) is 45.1 Å². The van der Waals surface area contributed by atoms with E-state index in [4.69, 9.17) is 9.47 Å². The number of epoxide rings is 1. The topological polar surface area (TPSA) is 45.3 Å². The molecule has 6 fully saturated rings. The van der Waals surface area contributed by atoms with Crippen LogP contribution < -0.4 is 0 Å². The van der Waals surface area contributed by atoms with Crippen LogP contribution in [-0.4, -0.2) is 72.8 Å². The predicted octanol–water partition coefficient (Wildman–Crippen LogP) is 3.46. The highest BCUT2D eigenvalue weighted by Gasteiger charge is 2.65. The minimum Gasteiger partial charge on any atom is -0.462 e. The monoisotopic (exact) mass is 416 g/mol. The fraction of sp³-hybridized carbons (Fsp3) is 0.960. The maximum atomic E-state index is 12.9. The summed E-state index contributed by atoms with van der Waals surface area (Å²) in [5.41, 5.74) is 0.457. The Morgan fingerprint density at radius 1 is 1.03 bits per heavy atom. The van der Waals surface area contributed by atoms with Gasteiger partial charge in [-0.1, -0.05) is 13.3 Å². The quantitative estimate of drug-likeness (QED) is 0.521. The summed E-state index contributed by atoms with van der Waals surface area (Å²) in [6.45, 7) is 9.22. The highest BCUT2D eigenvalue weighted by Crippen LogP contribution is 2.62. The Labute approximate surface area is 181 Å². The smallest absolute Gasteiger partial charge is 0.310 e. The average Bonchev–Trinajstić information content (AvgIpc) is 3.46. The van der Waals surface area contributed by atoms with Gasteiger partial charge >= 0.3 is 5.97 Å². The second-order valence-electron chi connectivity index (χ2n) is 11.7. The summed E-state index contributed by atoms with van der Waals surface area (Å²) in [6.07, 6.45) is 12.8. The summed E-state index contributed by atoms with van der Waals surface area (Å²) < 4.78 is 12.1. The van der Waals surface area contributed by atoms with E-state index in [1.807, 2.05) is 0 Å². The highest BCUT2D eigenvalue weighted by molar-refractivity contribution is 5.75. The number of hydrogen-bond donors (Lipinski definition) is 0. The lowest BCUT2D eigenvalue weighted by molar-refractivity contribution is -0.147. The molecule has 2 saturated carbocycles. The summed E-state index contributed by atoms with van der Waals surface area (Å²) in [5.74, 6) is 1.22. The van der Waals surface area contributed by atoms with E-state index in [-0.39, 0.29) is 23.6 Å². The Balaban J connectivity index is 1.10. The van der Waals surface area contributed by atoms with E-state index in [1.165, 1.54) is 64.5 Å². The molecule has 0 aromatic carbocycles. The first-order valence-corrected chi connectivity index (χ1v) is 12.9. The van der Waals surface area contributed by atoms with Gasteiger partial charge in [0.1, 0.15) is 6.10 Å². The minimum absolute atomic E-state index is 0.0869. The number of likely N-dealkylation sites (tertiary alicyclic amines) is 2. The van der Waals surface area contributed by atoms with Crippen LogP contribution in [0.2, 0.25) is 0 Å². The molecule has 2 aliphatic carbocycles. The first kappa shape index (κ1) is 20.0. The fourth-order valence-corrected chi connectivity index (χ4v) is 8.19. The van der Waals surface area contributed by atoms with Crippen molar-refractivity contribution in [3.63, 3.8) is 0 Å². The maximum Gasteiger partial charge on any atom is 0.310 e. The van der Waals surface area contributed by atoms with E-state index in [2.05, 4.69) is 16.7 Å². The van der Waals surface area contributed by atoms with Gasteiger partial charge in [-0.15, -0.1) is 0 Å². The van der Waals surface area contributed by atoms with E-state index in [1.54, 1.807) is 0 Å². The van der Waals surface area contributed by atoms with Crippen molar-refractivity contribution in [3.8, 4) is 0 Å². The van der Waals surface area contributed by atoms with E-state index < -0.39 is 0 Å². The molecule has 0 unspecified atom stereocenters. The minimum atomic E-state index is 0.0869. The molecule has 0 aromatic heterocycles. The van der Waals surface area contributed by atoms with Gasteiger partial charge < -0.3 is 19.3 Å². The number of rotatable bonds is 3. The number of hydrogen-bond acceptors (Lipinski definition) is 5. The van der Waals surface area contributed by atoms with Crippen molar-refractivity contribution in [1.29, 1.82) is 0 Å². The zero-order valence-corrected chi connectivity index (χ0v) is 18.8. The van der Waals surface area contributed by atoms with Gasteiger partial charge in [0.2, 0.25) is 0 Å². The molecule has 30 heavy (non-hydrogen) atoms. The number of carbonyl (C=O) groups excluding carboxylic acids is 1. The molecule has 6 rings (SSSR count). The van der Waals surface area contributed by atoms with Crippen molar-refractivity contribution in [2.75, 3.05) is 39.3 Å². The van der Waals surface area contributed by atoms with Crippen molar-refractivity contribution < 1.29 is 14.3 Å². The first-order chi connectivity index (χ1) is 14.6. The van der Waals surface area contributed by atoms with Crippen LogP contribution >= 0.6 is 0 Å². The maximum absolute atomic E-state index is 12.9. The third-order valence-corrected chi connectivity index (χ3v) is 10.00. The third-order valence-electron chi connectivity index (χ3n) is 10.00. The van der Waals surface area contributed by atoms with Gasteiger partial charge in [0.05, 0.1) is 18.1 Å². The van der Waals surface area contributed by atoms with Crippen molar-refractivity contribution in [2.24, 2.45) is 23.2 Å². The molecule has 6 aliphatic rings. The zero-order chi connectivity index (χ0) is 20.3. The number of ether oxygens (including phenoxy) is 2. The molecule has 1 spiro atoms. The molecule has 0 N–H and O–H groups in total. The molecular weight excluding hydrogens is 376 g/mol. The Morgan fingerprint density at radius 3 is 2.53 bits per heavy atom. The van der Waals surface area contributed by atoms with Crippen molar-refractivity contribution in [2.45, 2.75) is 88.9 Å². The Morgan fingerprint density at radius 2 is 1.80 bits per heavy atom. The average molecular weight is 417 g/mol. The van der Waals surface area contributed by atoms with Crippen molar-refractivity contribution in [3.05, 3.63) is 0 Å². The molecule has 168 valence electrons. The van der Waals surface area contributed by atoms with Crippen LogP contribution in [0, 0.1) is 23.2 Å². The summed E-state index contributed by atoms with van der Waals surface area (Å²) in [6, 6.07) is 0.773. The lowest BCUT2D eigenvalue weighted by Crippen LogP contribution is -2.52. The molecule has 6 atom stereocenters. The van der Waals surface area contributed by atoms with E-state index in [0.29, 0.717) is 17.3 Å². The van der Waals surface area contributed by atoms with Gasteiger partial charge in [0, 0.05) is 18.5 Å². The number of piperidine rings is 2. The fourth-order valence-electron chi connectivity index (χ4n) is 8.19. The van der Waals surface area contributed by atoms with E-state index >= 15 is 0 Å². The van der Waals surface area contributed by atoms with Crippen LogP contribution in [0.15, 0.2) is 0 Å². The largest absolute Gasteiger partial charge is 0.462 e. The lowest BCUT2D eigenvalue weighted by atomic mass is 9.53. The number of esters is 1. The number of fused-ring (bicyclic) bond motifs is 3. The third kappa shape index (κ3) is 3.34. The number of nitrogens with zero attached hydrogens (tertiary/aromatic N) is 2. The summed E-state index contributed by atoms with van der Waals surface area (Å²) >= 11 is 0. The van der Waals surface area contributed by atoms with Gasteiger partial charge in [0.25, 0.3) is 0 Å². The molecule has 0 amide bonds. The van der Waals surface area contributed by atoms with Gasteiger partial charge in [0.15, 0.2) is 0 Å². The standard InChI is InChI=1S/C25H40N2O3/c1-24-8-5-9-25(17-29-25)22(24)14-19-20(23(28)30-21(19)15-24)16-26-12-6-18(7-13-26)27-10-3-2-4-11-27/h18-22H,2-17H2,1H3/t19-,20-,21-,22-,24-,25-/m1/s1. The molecule has 0 radical (unpaired) electrons. The Bertz CT molecular complexity index is 665. The van der Waals surface area contributed by atoms with E-state index in [9.17, 15) is 4.79 Å². The van der Waals surface area contributed by atoms with Crippen LogP contribution in [0.4, 0.5) is 0 Å². The molecule has 4 aliphatic heterocycles. The molecule has 0 bridgehead atoms. The van der Waals surface area contributed by atoms with Gasteiger partial charge in [-0.3, -0.25) is 4.79 Å². The van der Waals surface area contributed by atoms with Gasteiger partial charge in [-0.2, -0.15) is 0 Å². The molecular formula is C25H40N2O3. The lowest BCUT2D eigenvalue weighted by Gasteiger charge is -2.51. The summed E-state index contributed by atoms with van der Waals surface area (Å²) in [4.78, 5) is 18.2. The SMILES string of the molecule is C[C@]12CCC[C@@]3(CO3)[C@@H]1C[C@H]1[C@@H](C2)OC(=O)[C@@H]1CN1CCC(N2CCCCC2)CC1. The molecule has 5 heteroatoms. The van der Waals surface area contributed by atoms with Crippen LogP contribution in [0.1, 0.15) is 71.1 Å². The second kappa shape index (κ2) is 7.45. The van der Waals surface area contributed by atoms with Crippen LogP contribution in [0.25, 0.3) is 0 Å². The zero-order valence-electron chi connectivity index (χ0n) is 18.8. The van der Waals surface area contributed by atoms with Gasteiger partial charge in [-0.25, -0.2) is 0 Å². The van der Waals surface area contributed by atoms with Crippen molar-refractivity contribution in [1.82, 2.24) is 9.80 Å². The Hall–Kier alpha value is -0.650. The van der Waals surface area contributed by atoms with Gasteiger partial charge in [-0.05, 0) is 95.3 Å². The number of carbonyl (C=O) groups is 1. The summed E-state index contributed by atoms with van der Waals surface area (Å²) in [7, 11) is 0. The van der Waals surface area contributed by atoms with Crippen LogP contribution in [0.3, 0.4) is 0 Å². The molecule has 5 nitrogen and oxygen atoms in total. The molecule has 0 aromatic rings. The summed E-state index contributed by atoms with van der Waals surface area (Å²) in [5, 5.41) is 0. The second-order valence-corrected chi connectivity index (χ2v) is 11.7.